The van der Waals surface area contributed by atoms with Gasteiger partial charge in [-0.25, -0.2) is 9.37 Å². The molecule has 4 nitrogen and oxygen atoms in total. The number of imidazole rings is 1. The maximum absolute atomic E-state index is 13.7. The number of halogens is 3. The van der Waals surface area contributed by atoms with Crippen LogP contribution in [0.5, 0.6) is 0 Å². The Bertz CT molecular complexity index is 942. The molecule has 7 heteroatoms. The van der Waals surface area contributed by atoms with Gasteiger partial charge in [0.25, 0.3) is 0 Å². The van der Waals surface area contributed by atoms with Gasteiger partial charge in [0, 0.05) is 19.4 Å². The monoisotopic (exact) mass is 391 g/mol. The number of nitrogens with zero attached hydrogens (tertiary/aromatic N) is 2. The zero-order chi connectivity index (χ0) is 18.7. The molecule has 0 aliphatic heterocycles. The van der Waals surface area contributed by atoms with Crippen molar-refractivity contribution in [2.45, 2.75) is 12.5 Å². The minimum Gasteiger partial charge on any atom is -0.342 e. The van der Waals surface area contributed by atoms with E-state index < -0.39 is 6.04 Å². The third-order valence-corrected chi connectivity index (χ3v) is 4.69. The summed E-state index contributed by atoms with van der Waals surface area (Å²) in [5.41, 5.74) is 1.34. The fourth-order valence-electron chi connectivity index (χ4n) is 2.69. The highest BCUT2D eigenvalue weighted by Crippen LogP contribution is 2.24. The summed E-state index contributed by atoms with van der Waals surface area (Å²) in [5, 5.41) is 3.74. The second-order valence-electron chi connectivity index (χ2n) is 5.88. The predicted molar refractivity (Wildman–Crippen MR) is 99.8 cm³/mol. The molecule has 1 N–H and O–H groups in total. The number of hydrogen-bond donors (Lipinski definition) is 1. The van der Waals surface area contributed by atoms with Crippen LogP contribution in [0.1, 0.15) is 23.0 Å². The van der Waals surface area contributed by atoms with Crippen molar-refractivity contribution in [2.75, 3.05) is 0 Å². The molecule has 0 bridgehead atoms. The maximum atomic E-state index is 13.7. The summed E-state index contributed by atoms with van der Waals surface area (Å²) in [4.78, 5) is 16.9. The summed E-state index contributed by atoms with van der Waals surface area (Å²) in [5.74, 6) is -0.000759. The Labute approximate surface area is 160 Å². The molecule has 0 saturated carbocycles. The van der Waals surface area contributed by atoms with Crippen LogP contribution < -0.4 is 5.32 Å². The highest BCUT2D eigenvalue weighted by molar-refractivity contribution is 6.42. The first kappa shape index (κ1) is 18.4. The molecule has 0 radical (unpaired) electrons. The van der Waals surface area contributed by atoms with Crippen molar-refractivity contribution in [1.29, 1.82) is 0 Å². The van der Waals surface area contributed by atoms with Crippen molar-refractivity contribution < 1.29 is 9.18 Å². The summed E-state index contributed by atoms with van der Waals surface area (Å²) in [6, 6.07) is 10.6. The first-order valence-corrected chi connectivity index (χ1v) is 8.65. The lowest BCUT2D eigenvalue weighted by atomic mass is 10.0. The predicted octanol–water partition coefficient (Wildman–Crippen LogP) is 4.31. The van der Waals surface area contributed by atoms with E-state index in [1.165, 1.54) is 12.1 Å². The number of amides is 1. The van der Waals surface area contributed by atoms with E-state index in [0.29, 0.717) is 21.4 Å². The normalized spacial score (nSPS) is 12.0. The zero-order valence-electron chi connectivity index (χ0n) is 13.9. The van der Waals surface area contributed by atoms with Gasteiger partial charge in [0.05, 0.1) is 16.5 Å². The molecule has 0 aliphatic carbocycles. The van der Waals surface area contributed by atoms with Crippen molar-refractivity contribution >= 4 is 29.1 Å². The Hall–Kier alpha value is -2.37. The number of nitrogens with one attached hydrogen (secondary N) is 1. The molecule has 0 aliphatic rings. The van der Waals surface area contributed by atoms with Crippen LogP contribution in [0.2, 0.25) is 10.0 Å². The molecule has 0 spiro atoms. The number of carbonyl (C=O) groups is 1. The molecule has 3 aromatic rings. The van der Waals surface area contributed by atoms with Gasteiger partial charge in [0.1, 0.15) is 17.7 Å². The van der Waals surface area contributed by atoms with E-state index in [1.54, 1.807) is 47.3 Å². The van der Waals surface area contributed by atoms with Crippen molar-refractivity contribution in [3.05, 3.63) is 87.7 Å². The Morgan fingerprint density at radius 2 is 2.04 bits per heavy atom. The van der Waals surface area contributed by atoms with Gasteiger partial charge in [0.15, 0.2) is 0 Å². The highest BCUT2D eigenvalue weighted by atomic mass is 35.5. The Morgan fingerprint density at radius 1 is 1.23 bits per heavy atom. The van der Waals surface area contributed by atoms with Crippen molar-refractivity contribution in [2.24, 2.45) is 7.05 Å². The van der Waals surface area contributed by atoms with Crippen LogP contribution in [0.4, 0.5) is 4.39 Å². The van der Waals surface area contributed by atoms with E-state index >= 15 is 0 Å². The van der Waals surface area contributed by atoms with Crippen LogP contribution in [0.25, 0.3) is 0 Å². The molecule has 1 atom stereocenters. The summed E-state index contributed by atoms with van der Waals surface area (Å²) >= 11 is 11.9. The van der Waals surface area contributed by atoms with E-state index in [2.05, 4.69) is 10.3 Å². The smallest absolute Gasteiger partial charge is 0.225 e. The Kier molecular flexibility index (Phi) is 5.59. The van der Waals surface area contributed by atoms with E-state index in [9.17, 15) is 9.18 Å². The van der Waals surface area contributed by atoms with Crippen molar-refractivity contribution in [1.82, 2.24) is 14.9 Å². The van der Waals surface area contributed by atoms with Crippen molar-refractivity contribution in [3.8, 4) is 0 Å². The van der Waals surface area contributed by atoms with E-state index in [0.717, 1.165) is 5.56 Å². The molecule has 0 unspecified atom stereocenters. The van der Waals surface area contributed by atoms with Crippen LogP contribution in [0, 0.1) is 5.82 Å². The zero-order valence-corrected chi connectivity index (χ0v) is 15.4. The second-order valence-corrected chi connectivity index (χ2v) is 6.69. The quantitative estimate of drug-likeness (QED) is 0.703. The molecule has 0 saturated heterocycles. The lowest BCUT2D eigenvalue weighted by Crippen LogP contribution is -2.32. The first-order chi connectivity index (χ1) is 12.4. The lowest BCUT2D eigenvalue weighted by molar-refractivity contribution is -0.121. The van der Waals surface area contributed by atoms with Crippen LogP contribution >= 0.6 is 23.2 Å². The molecule has 134 valence electrons. The Balaban J connectivity index is 1.84. The topological polar surface area (TPSA) is 46.9 Å². The van der Waals surface area contributed by atoms with Crippen LogP contribution in [0.15, 0.2) is 54.9 Å². The minimum atomic E-state index is -0.569. The van der Waals surface area contributed by atoms with Gasteiger partial charge in [-0.2, -0.15) is 0 Å². The summed E-state index contributed by atoms with van der Waals surface area (Å²) in [6.45, 7) is 0. The van der Waals surface area contributed by atoms with Gasteiger partial charge in [-0.05, 0) is 35.4 Å². The molecular formula is C19H16Cl2FN3O. The minimum absolute atomic E-state index is 0.118. The molecule has 1 amide bonds. The van der Waals surface area contributed by atoms with Gasteiger partial charge in [0.2, 0.25) is 5.91 Å². The third-order valence-electron chi connectivity index (χ3n) is 3.95. The van der Waals surface area contributed by atoms with Gasteiger partial charge in [-0.1, -0.05) is 41.4 Å². The van der Waals surface area contributed by atoms with Crippen molar-refractivity contribution in [3.63, 3.8) is 0 Å². The second kappa shape index (κ2) is 7.89. The van der Waals surface area contributed by atoms with E-state index in [1.807, 2.05) is 7.05 Å². The van der Waals surface area contributed by atoms with Crippen LogP contribution in [-0.2, 0) is 18.3 Å². The first-order valence-electron chi connectivity index (χ1n) is 7.90. The largest absolute Gasteiger partial charge is 0.342 e. The van der Waals surface area contributed by atoms with Gasteiger partial charge in [-0.15, -0.1) is 0 Å². The lowest BCUT2D eigenvalue weighted by Gasteiger charge is -2.19. The average molecular weight is 392 g/mol. The average Bonchev–Trinajstić information content (AvgIpc) is 3.02. The number of benzene rings is 2. The summed E-state index contributed by atoms with van der Waals surface area (Å²) in [7, 11) is 1.82. The van der Waals surface area contributed by atoms with Crippen LogP contribution in [-0.4, -0.2) is 15.5 Å². The highest BCUT2D eigenvalue weighted by Gasteiger charge is 2.21. The fraction of sp³-hybridized carbons (Fsp3) is 0.158. The molecule has 3 rings (SSSR count). The number of hydrogen-bond acceptors (Lipinski definition) is 2. The van der Waals surface area contributed by atoms with E-state index in [-0.39, 0.29) is 18.1 Å². The van der Waals surface area contributed by atoms with E-state index in [4.69, 9.17) is 23.2 Å². The molecule has 1 heterocycles. The number of aryl methyl sites for hydroxylation is 1. The standard InChI is InChI=1S/C19H16Cl2FN3O/c1-25-8-7-23-19(25)18(13-3-2-4-14(22)11-13)24-17(26)10-12-5-6-15(20)16(21)9-12/h2-9,11,18H,10H2,1H3,(H,24,26)/t18-/m1/s1. The number of carbonyl (C=O) groups excluding carboxylic acids is 1. The van der Waals surface area contributed by atoms with Gasteiger partial charge >= 0.3 is 0 Å². The van der Waals surface area contributed by atoms with Crippen LogP contribution in [0.3, 0.4) is 0 Å². The molecule has 0 fully saturated rings. The fourth-order valence-corrected chi connectivity index (χ4v) is 3.01. The van der Waals surface area contributed by atoms with Gasteiger partial charge in [-0.3, -0.25) is 4.79 Å². The molecule has 1 aromatic heterocycles. The molecule has 2 aromatic carbocycles. The summed E-state index contributed by atoms with van der Waals surface area (Å²) < 4.78 is 15.5. The number of rotatable bonds is 5. The third kappa shape index (κ3) is 4.23. The van der Waals surface area contributed by atoms with Gasteiger partial charge < -0.3 is 9.88 Å². The SMILES string of the molecule is Cn1ccnc1[C@H](NC(=O)Cc1ccc(Cl)c(Cl)c1)c1cccc(F)c1. The Morgan fingerprint density at radius 3 is 2.69 bits per heavy atom. The summed E-state index contributed by atoms with van der Waals surface area (Å²) in [6.07, 6.45) is 3.52. The maximum Gasteiger partial charge on any atom is 0.225 e. The number of aromatic nitrogens is 2. The molecular weight excluding hydrogens is 376 g/mol. The molecule has 26 heavy (non-hydrogen) atoms.